The highest BCUT2D eigenvalue weighted by molar-refractivity contribution is 5.55. The summed E-state index contributed by atoms with van der Waals surface area (Å²) in [6.07, 6.45) is 6.52. The molecule has 1 aliphatic rings. The number of pyridine rings is 2. The van der Waals surface area contributed by atoms with Crippen LogP contribution in [0.1, 0.15) is 12.0 Å². The molecule has 8 heteroatoms. The summed E-state index contributed by atoms with van der Waals surface area (Å²) in [5, 5.41) is 16.7. The normalized spacial score (nSPS) is 17.2. The summed E-state index contributed by atoms with van der Waals surface area (Å²) in [6, 6.07) is 14.1. The Kier molecular flexibility index (Phi) is 4.38. The maximum Gasteiger partial charge on any atom is 0.203 e. The van der Waals surface area contributed by atoms with E-state index in [0.717, 1.165) is 37.6 Å². The molecule has 8 nitrogen and oxygen atoms in total. The second-order valence-electron chi connectivity index (χ2n) is 6.95. The van der Waals surface area contributed by atoms with Gasteiger partial charge in [0.2, 0.25) is 5.82 Å². The predicted octanol–water partition coefficient (Wildman–Crippen LogP) is 2.27. The van der Waals surface area contributed by atoms with E-state index in [9.17, 15) is 0 Å². The van der Waals surface area contributed by atoms with Crippen LogP contribution in [0.4, 0.5) is 5.82 Å². The maximum atomic E-state index is 4.70. The zero-order valence-electron chi connectivity index (χ0n) is 15.3. The fraction of sp³-hybridized carbons (Fsp3) is 0.250. The summed E-state index contributed by atoms with van der Waals surface area (Å²) < 4.78 is 1.74. The molecule has 1 N–H and O–H groups in total. The van der Waals surface area contributed by atoms with Gasteiger partial charge in [-0.15, -0.1) is 15.3 Å². The lowest BCUT2D eigenvalue weighted by molar-refractivity contribution is 0.328. The van der Waals surface area contributed by atoms with E-state index in [2.05, 4.69) is 42.5 Å². The molecular weight excluding hydrogens is 352 g/mol. The summed E-state index contributed by atoms with van der Waals surface area (Å²) >= 11 is 0. The number of likely N-dealkylation sites (tertiary alicyclic amines) is 1. The van der Waals surface area contributed by atoms with E-state index in [-0.39, 0.29) is 0 Å². The van der Waals surface area contributed by atoms with E-state index in [4.69, 9.17) is 5.10 Å². The first-order chi connectivity index (χ1) is 13.8. The molecule has 1 fully saturated rings. The molecular formula is C20H20N8. The second-order valence-corrected chi connectivity index (χ2v) is 6.95. The monoisotopic (exact) mass is 372 g/mol. The van der Waals surface area contributed by atoms with Crippen molar-refractivity contribution in [2.75, 3.05) is 18.4 Å². The van der Waals surface area contributed by atoms with Crippen molar-refractivity contribution < 1.29 is 0 Å². The van der Waals surface area contributed by atoms with Crippen LogP contribution >= 0.6 is 0 Å². The SMILES string of the molecule is c1ccc(-c2nnc3ccc(N[C@H]4CCN(Cc5ccncc5)C4)nn23)nc1. The molecule has 0 spiro atoms. The maximum absolute atomic E-state index is 4.70. The number of hydrogen-bond acceptors (Lipinski definition) is 7. The van der Waals surface area contributed by atoms with Gasteiger partial charge >= 0.3 is 0 Å². The number of nitrogens with zero attached hydrogens (tertiary/aromatic N) is 7. The number of nitrogens with one attached hydrogen (secondary N) is 1. The molecule has 0 amide bonds. The van der Waals surface area contributed by atoms with Crippen LogP contribution in [0.15, 0.2) is 61.1 Å². The van der Waals surface area contributed by atoms with Crippen LogP contribution < -0.4 is 5.32 Å². The van der Waals surface area contributed by atoms with E-state index in [1.54, 1.807) is 10.7 Å². The number of rotatable bonds is 5. The van der Waals surface area contributed by atoms with Crippen LogP contribution in [0.3, 0.4) is 0 Å². The Labute approximate surface area is 162 Å². The van der Waals surface area contributed by atoms with Crippen molar-refractivity contribution in [1.29, 1.82) is 0 Å². The molecule has 0 aromatic carbocycles. The lowest BCUT2D eigenvalue weighted by atomic mass is 10.2. The van der Waals surface area contributed by atoms with E-state index >= 15 is 0 Å². The molecule has 4 aromatic rings. The van der Waals surface area contributed by atoms with E-state index in [0.29, 0.717) is 17.5 Å². The van der Waals surface area contributed by atoms with Crippen LogP contribution in [0.25, 0.3) is 17.2 Å². The summed E-state index contributed by atoms with van der Waals surface area (Å²) in [5.74, 6) is 1.46. The van der Waals surface area contributed by atoms with Gasteiger partial charge in [0.15, 0.2) is 5.65 Å². The van der Waals surface area contributed by atoms with Gasteiger partial charge in [0, 0.05) is 44.3 Å². The zero-order chi connectivity index (χ0) is 18.8. The molecule has 1 saturated heterocycles. The summed E-state index contributed by atoms with van der Waals surface area (Å²) in [5.41, 5.74) is 2.75. The highest BCUT2D eigenvalue weighted by Gasteiger charge is 2.23. The first-order valence-electron chi connectivity index (χ1n) is 9.37. The zero-order valence-corrected chi connectivity index (χ0v) is 15.3. The molecule has 5 heterocycles. The fourth-order valence-corrected chi connectivity index (χ4v) is 3.57. The average molecular weight is 372 g/mol. The third kappa shape index (κ3) is 3.41. The summed E-state index contributed by atoms with van der Waals surface area (Å²) in [7, 11) is 0. The Hall–Kier alpha value is -3.39. The average Bonchev–Trinajstić information content (AvgIpc) is 3.36. The Morgan fingerprint density at radius 1 is 1.00 bits per heavy atom. The molecule has 0 aliphatic carbocycles. The van der Waals surface area contributed by atoms with E-state index in [1.165, 1.54) is 5.56 Å². The molecule has 0 unspecified atom stereocenters. The fourth-order valence-electron chi connectivity index (χ4n) is 3.57. The van der Waals surface area contributed by atoms with Crippen LogP contribution in [-0.4, -0.2) is 53.8 Å². The molecule has 1 aliphatic heterocycles. The standard InChI is InChI=1S/C20H20N8/c1-2-9-22-17(3-1)20-25-24-19-5-4-18(26-28(19)20)23-16-8-12-27(14-16)13-15-6-10-21-11-7-15/h1-7,9-11,16H,8,12-14H2,(H,23,26)/t16-/m0/s1. The van der Waals surface area contributed by atoms with Crippen LogP contribution in [0, 0.1) is 0 Å². The minimum Gasteiger partial charge on any atom is -0.365 e. The Balaban J connectivity index is 1.31. The third-order valence-electron chi connectivity index (χ3n) is 4.94. The highest BCUT2D eigenvalue weighted by Crippen LogP contribution is 2.19. The molecule has 5 rings (SSSR count). The van der Waals surface area contributed by atoms with E-state index < -0.39 is 0 Å². The van der Waals surface area contributed by atoms with Crippen LogP contribution in [-0.2, 0) is 6.54 Å². The topological polar surface area (TPSA) is 84.1 Å². The van der Waals surface area contributed by atoms with Gasteiger partial charge in [0.05, 0.1) is 0 Å². The minimum absolute atomic E-state index is 0.363. The molecule has 0 bridgehead atoms. The summed E-state index contributed by atoms with van der Waals surface area (Å²) in [4.78, 5) is 10.9. The number of anilines is 1. The number of fused-ring (bicyclic) bond motifs is 1. The van der Waals surface area contributed by atoms with Crippen molar-refractivity contribution in [3.63, 3.8) is 0 Å². The highest BCUT2D eigenvalue weighted by atomic mass is 15.4. The quantitative estimate of drug-likeness (QED) is 0.575. The smallest absolute Gasteiger partial charge is 0.203 e. The van der Waals surface area contributed by atoms with Gasteiger partial charge in [-0.05, 0) is 48.4 Å². The first kappa shape index (κ1) is 16.8. The molecule has 0 saturated carbocycles. The van der Waals surface area contributed by atoms with Gasteiger partial charge in [-0.1, -0.05) is 6.07 Å². The lowest BCUT2D eigenvalue weighted by Crippen LogP contribution is -2.26. The molecule has 140 valence electrons. The van der Waals surface area contributed by atoms with Crippen molar-refractivity contribution >= 4 is 11.5 Å². The Morgan fingerprint density at radius 3 is 2.79 bits per heavy atom. The van der Waals surface area contributed by atoms with Gasteiger partial charge in [0.25, 0.3) is 0 Å². The molecule has 1 atom stereocenters. The predicted molar refractivity (Wildman–Crippen MR) is 106 cm³/mol. The first-order valence-corrected chi connectivity index (χ1v) is 9.37. The van der Waals surface area contributed by atoms with Crippen LogP contribution in [0.5, 0.6) is 0 Å². The molecule has 4 aromatic heterocycles. The Morgan fingerprint density at radius 2 is 1.93 bits per heavy atom. The van der Waals surface area contributed by atoms with Crippen molar-refractivity contribution in [1.82, 2.24) is 34.7 Å². The molecule has 0 radical (unpaired) electrons. The number of aromatic nitrogens is 6. The van der Waals surface area contributed by atoms with Crippen molar-refractivity contribution in [2.45, 2.75) is 19.0 Å². The third-order valence-corrected chi connectivity index (χ3v) is 4.94. The van der Waals surface area contributed by atoms with Gasteiger partial charge in [-0.3, -0.25) is 14.9 Å². The van der Waals surface area contributed by atoms with Crippen molar-refractivity contribution in [3.8, 4) is 11.5 Å². The second kappa shape index (κ2) is 7.32. The Bertz CT molecular complexity index is 1060. The number of hydrogen-bond donors (Lipinski definition) is 1. The lowest BCUT2D eigenvalue weighted by Gasteiger charge is -2.17. The van der Waals surface area contributed by atoms with Gasteiger partial charge < -0.3 is 5.32 Å². The minimum atomic E-state index is 0.363. The van der Waals surface area contributed by atoms with Gasteiger partial charge in [-0.25, -0.2) is 0 Å². The largest absolute Gasteiger partial charge is 0.365 e. The van der Waals surface area contributed by atoms with Crippen LogP contribution in [0.2, 0.25) is 0 Å². The van der Waals surface area contributed by atoms with Crippen molar-refractivity contribution in [3.05, 3.63) is 66.6 Å². The van der Waals surface area contributed by atoms with E-state index in [1.807, 2.05) is 42.7 Å². The summed E-state index contributed by atoms with van der Waals surface area (Å²) in [6.45, 7) is 2.99. The van der Waals surface area contributed by atoms with Gasteiger partial charge in [0.1, 0.15) is 11.5 Å². The van der Waals surface area contributed by atoms with Gasteiger partial charge in [-0.2, -0.15) is 4.52 Å². The van der Waals surface area contributed by atoms with Crippen molar-refractivity contribution in [2.24, 2.45) is 0 Å². The molecule has 28 heavy (non-hydrogen) atoms.